The molecule has 0 bridgehead atoms. The molecule has 0 heterocycles. The number of halogens is 1. The third-order valence-corrected chi connectivity index (χ3v) is 13.9. The molecule has 2 saturated carbocycles. The Labute approximate surface area is 352 Å². The van der Waals surface area contributed by atoms with Gasteiger partial charge in [0.25, 0.3) is 0 Å². The zero-order valence-electron chi connectivity index (χ0n) is 32.6. The molecule has 4 aliphatic rings. The number of terminal acetylenes is 1. The molecule has 0 saturated heterocycles. The number of aliphatic hydroxyl groups excluding tert-OH is 2. The van der Waals surface area contributed by atoms with Crippen molar-refractivity contribution < 1.29 is 20.4 Å². The summed E-state index contributed by atoms with van der Waals surface area (Å²) in [5.41, 5.74) is 8.68. The summed E-state index contributed by atoms with van der Waals surface area (Å²) < 4.78 is 1.09. The van der Waals surface area contributed by atoms with E-state index in [9.17, 15) is 20.4 Å². The Morgan fingerprint density at radius 1 is 0.603 bits per heavy atom. The van der Waals surface area contributed by atoms with Gasteiger partial charge >= 0.3 is 0 Å². The minimum Gasteiger partial charge on any atom is -0.508 e. The Kier molecular flexibility index (Phi) is 11.8. The van der Waals surface area contributed by atoms with E-state index in [-0.39, 0.29) is 30.5 Å². The second-order valence-corrected chi connectivity index (χ2v) is 18.0. The van der Waals surface area contributed by atoms with E-state index in [1.54, 1.807) is 12.1 Å². The highest BCUT2D eigenvalue weighted by Gasteiger charge is 2.48. The first-order chi connectivity index (χ1) is 27.4. The minimum atomic E-state index is -0.223. The summed E-state index contributed by atoms with van der Waals surface area (Å²) in [5.74, 6) is 10.6. The molecule has 296 valence electrons. The summed E-state index contributed by atoms with van der Waals surface area (Å²) in [6, 6.07) is 35.3. The van der Waals surface area contributed by atoms with Crippen LogP contribution in [0.2, 0.25) is 0 Å². The highest BCUT2D eigenvalue weighted by molar-refractivity contribution is 9.10. The molecule has 4 nitrogen and oxygen atoms in total. The standard InChI is InChI=1S/C26H24O2.C18H19BrO2.C8H6.CH4/c1-26-12-11-22-23-14-19(27)9-10-21(23)18(8-7-17-5-3-2-4-6-17)13-24(22)25(26)15-20(28)16-26;1-18-5-4-12-14-6-10(20)2-3-13(14)17(19)8-15(12)16(18)7-11(21)9-18;1-2-8-6-4-3-5-7-8;/h2-6,9-10,13-14,20,25,27-28H,11-12,15-16H2,1H3;2-3,6,8,11,16,20-21H,4-5,7,9H2,1H3;1,3-7H;1H4/t20-,25-,26+;11-,16-,18+;;/m00../s1. The molecular formula is C53H53BrO4. The first kappa shape index (κ1) is 41.1. The number of phenolic OH excluding ortho intramolecular Hbond substituents is 2. The van der Waals surface area contributed by atoms with Gasteiger partial charge in [-0.25, -0.2) is 0 Å². The molecule has 0 spiro atoms. The largest absolute Gasteiger partial charge is 0.508 e. The second kappa shape index (κ2) is 16.7. The van der Waals surface area contributed by atoms with Gasteiger partial charge in [0.2, 0.25) is 0 Å². The van der Waals surface area contributed by atoms with Gasteiger partial charge in [0, 0.05) is 21.2 Å². The topological polar surface area (TPSA) is 80.9 Å². The summed E-state index contributed by atoms with van der Waals surface area (Å²) in [6.45, 7) is 4.64. The number of hydrogen-bond donors (Lipinski definition) is 4. The Bertz CT molecular complexity index is 2560. The van der Waals surface area contributed by atoms with E-state index in [0.29, 0.717) is 23.3 Å². The minimum absolute atomic E-state index is 0. The molecule has 4 aliphatic carbocycles. The number of fused-ring (bicyclic) bond motifs is 10. The lowest BCUT2D eigenvalue weighted by molar-refractivity contribution is 0.159. The molecule has 0 aromatic heterocycles. The van der Waals surface area contributed by atoms with Gasteiger partial charge in [0.15, 0.2) is 0 Å². The fourth-order valence-electron chi connectivity index (χ4n) is 10.4. The van der Waals surface area contributed by atoms with E-state index in [4.69, 9.17) is 6.42 Å². The van der Waals surface area contributed by atoms with Crippen LogP contribution in [0.5, 0.6) is 11.5 Å². The van der Waals surface area contributed by atoms with Crippen LogP contribution < -0.4 is 0 Å². The van der Waals surface area contributed by atoms with Gasteiger partial charge in [0.1, 0.15) is 11.5 Å². The van der Waals surface area contributed by atoms with Gasteiger partial charge in [-0.2, -0.15) is 0 Å². The van der Waals surface area contributed by atoms with Crippen LogP contribution in [0.1, 0.15) is 111 Å². The molecule has 2 fully saturated rings. The first-order valence-corrected chi connectivity index (χ1v) is 20.9. The summed E-state index contributed by atoms with van der Waals surface area (Å²) >= 11 is 3.69. The molecule has 6 aromatic rings. The van der Waals surface area contributed by atoms with Crippen LogP contribution in [0.4, 0.5) is 0 Å². The molecule has 0 unspecified atom stereocenters. The number of aryl methyl sites for hydroxylation is 2. The van der Waals surface area contributed by atoms with E-state index in [2.05, 4.69) is 59.7 Å². The summed E-state index contributed by atoms with van der Waals surface area (Å²) in [5, 5.41) is 45.0. The van der Waals surface area contributed by atoms with Crippen LogP contribution in [-0.4, -0.2) is 32.6 Å². The fraction of sp³-hybridized carbons (Fsp3) is 0.321. The highest BCUT2D eigenvalue weighted by Crippen LogP contribution is 2.58. The van der Waals surface area contributed by atoms with Crippen molar-refractivity contribution in [1.82, 2.24) is 0 Å². The van der Waals surface area contributed by atoms with Crippen molar-refractivity contribution in [2.75, 3.05) is 0 Å². The molecule has 58 heavy (non-hydrogen) atoms. The van der Waals surface area contributed by atoms with E-state index in [1.807, 2.05) is 84.9 Å². The van der Waals surface area contributed by atoms with Crippen LogP contribution >= 0.6 is 15.9 Å². The highest BCUT2D eigenvalue weighted by atomic mass is 79.9. The number of aromatic hydroxyl groups is 2. The van der Waals surface area contributed by atoms with Crippen molar-refractivity contribution in [3.63, 3.8) is 0 Å². The maximum atomic E-state index is 10.4. The monoisotopic (exact) mass is 832 g/mol. The van der Waals surface area contributed by atoms with Crippen molar-refractivity contribution in [3.05, 3.63) is 153 Å². The lowest BCUT2D eigenvalue weighted by atomic mass is 9.66. The number of hydrogen-bond acceptors (Lipinski definition) is 4. The van der Waals surface area contributed by atoms with Crippen molar-refractivity contribution in [1.29, 1.82) is 0 Å². The molecule has 4 N–H and O–H groups in total. The Hall–Kier alpha value is -5.04. The average Bonchev–Trinajstić information content (AvgIpc) is 3.71. The van der Waals surface area contributed by atoms with Crippen molar-refractivity contribution in [2.45, 2.75) is 96.7 Å². The molecule has 6 aromatic carbocycles. The Morgan fingerprint density at radius 2 is 1.09 bits per heavy atom. The molecule has 10 rings (SSSR count). The number of phenols is 2. The van der Waals surface area contributed by atoms with Crippen molar-refractivity contribution >= 4 is 37.5 Å². The summed E-state index contributed by atoms with van der Waals surface area (Å²) in [6.07, 6.45) is 12.4. The molecule has 0 aliphatic heterocycles. The third kappa shape index (κ3) is 8.02. The fourth-order valence-corrected chi connectivity index (χ4v) is 11.0. The van der Waals surface area contributed by atoms with Gasteiger partial charge in [-0.15, -0.1) is 6.42 Å². The zero-order valence-corrected chi connectivity index (χ0v) is 34.2. The molecule has 6 atom stereocenters. The third-order valence-electron chi connectivity index (χ3n) is 13.3. The van der Waals surface area contributed by atoms with Crippen LogP contribution in [-0.2, 0) is 12.8 Å². The Morgan fingerprint density at radius 3 is 1.60 bits per heavy atom. The van der Waals surface area contributed by atoms with Gasteiger partial charge in [0.05, 0.1) is 12.2 Å². The lowest BCUT2D eigenvalue weighted by Gasteiger charge is -2.38. The molecule has 5 heteroatoms. The predicted octanol–water partition coefficient (Wildman–Crippen LogP) is 11.9. The van der Waals surface area contributed by atoms with Gasteiger partial charge in [-0.05, 0) is 191 Å². The van der Waals surface area contributed by atoms with Crippen LogP contribution in [0.3, 0.4) is 0 Å². The number of benzene rings is 6. The first-order valence-electron chi connectivity index (χ1n) is 20.1. The van der Waals surface area contributed by atoms with Crippen LogP contribution in [0.25, 0.3) is 21.5 Å². The molecular weight excluding hydrogens is 780 g/mol. The lowest BCUT2D eigenvalue weighted by Crippen LogP contribution is -2.27. The maximum Gasteiger partial charge on any atom is 0.116 e. The predicted molar refractivity (Wildman–Crippen MR) is 241 cm³/mol. The van der Waals surface area contributed by atoms with Crippen molar-refractivity contribution in [3.8, 4) is 35.7 Å². The summed E-state index contributed by atoms with van der Waals surface area (Å²) in [4.78, 5) is 0. The smallest absolute Gasteiger partial charge is 0.116 e. The zero-order chi connectivity index (χ0) is 39.9. The molecule has 0 radical (unpaired) electrons. The second-order valence-electron chi connectivity index (χ2n) is 17.1. The normalized spacial score (nSPS) is 24.8. The van der Waals surface area contributed by atoms with E-state index in [0.717, 1.165) is 94.1 Å². The van der Waals surface area contributed by atoms with E-state index >= 15 is 0 Å². The van der Waals surface area contributed by atoms with Crippen molar-refractivity contribution in [2.24, 2.45) is 10.8 Å². The summed E-state index contributed by atoms with van der Waals surface area (Å²) in [7, 11) is 0. The number of aliphatic hydroxyl groups is 2. The average molecular weight is 834 g/mol. The van der Waals surface area contributed by atoms with Crippen LogP contribution in [0.15, 0.2) is 114 Å². The number of rotatable bonds is 0. The quantitative estimate of drug-likeness (QED) is 0.115. The van der Waals surface area contributed by atoms with Gasteiger partial charge in [-0.1, -0.05) is 91.4 Å². The Balaban J connectivity index is 0.000000150. The maximum absolute atomic E-state index is 10.4. The van der Waals surface area contributed by atoms with E-state index in [1.165, 1.54) is 22.3 Å². The van der Waals surface area contributed by atoms with Gasteiger partial charge < -0.3 is 20.4 Å². The van der Waals surface area contributed by atoms with Gasteiger partial charge in [-0.3, -0.25) is 0 Å². The van der Waals surface area contributed by atoms with Crippen LogP contribution in [0, 0.1) is 35.0 Å². The molecule has 0 amide bonds. The SMILES string of the molecule is C.C#Cc1ccccc1.C[C@]12CCc3c(cc(Br)c4ccc(O)cc34)[C@@H]1C[C@H](O)C2.C[C@]12CCc3c(cc(C#Cc4ccccc4)c4ccc(O)cc34)[C@@H]1C[C@H](O)C2. The van der Waals surface area contributed by atoms with E-state index < -0.39 is 0 Å².